The van der Waals surface area contributed by atoms with E-state index in [0.717, 1.165) is 30.9 Å². The predicted octanol–water partition coefficient (Wildman–Crippen LogP) is 4.09. The molecule has 1 aromatic carbocycles. The van der Waals surface area contributed by atoms with Crippen LogP contribution in [-0.4, -0.2) is 22.8 Å². The Hall–Kier alpha value is -1.45. The highest BCUT2D eigenvalue weighted by molar-refractivity contribution is 5.87. The number of carbonyl (C=O) groups excluding carboxylic acids is 1. The zero-order valence-electron chi connectivity index (χ0n) is 12.7. The minimum absolute atomic E-state index is 0.0427. The molecule has 2 aliphatic rings. The fourth-order valence-electron chi connectivity index (χ4n) is 3.81. The van der Waals surface area contributed by atoms with Crippen LogP contribution in [0.25, 0.3) is 0 Å². The number of halogens is 2. The van der Waals surface area contributed by atoms with Gasteiger partial charge in [-0.2, -0.15) is 0 Å². The largest absolute Gasteiger partial charge is 0.332 e. The van der Waals surface area contributed by atoms with E-state index in [9.17, 15) is 13.6 Å². The van der Waals surface area contributed by atoms with Crippen LogP contribution in [0.5, 0.6) is 0 Å². The second kappa shape index (κ2) is 4.52. The Morgan fingerprint density at radius 1 is 1.33 bits per heavy atom. The number of benzene rings is 1. The molecule has 4 heteroatoms. The number of carbonyl (C=O) groups is 1. The van der Waals surface area contributed by atoms with Gasteiger partial charge in [0.2, 0.25) is 5.91 Å². The standard InChI is InChI=1S/C17H21F2NO/c1-11-5-4-6-12(9-11)14-8-7-13-10-16(2,17(3,18)19)15(21)20(13)14/h4-6,9,13-14H,7-8,10H2,1-3H3/t13-,14-,16+/m0/s1. The van der Waals surface area contributed by atoms with Crippen molar-refractivity contribution in [2.45, 2.75) is 58.0 Å². The second-order valence-electron chi connectivity index (χ2n) is 6.80. The van der Waals surface area contributed by atoms with Gasteiger partial charge in [0.1, 0.15) is 5.41 Å². The van der Waals surface area contributed by atoms with Crippen molar-refractivity contribution in [1.29, 1.82) is 0 Å². The molecule has 114 valence electrons. The third-order valence-corrected chi connectivity index (χ3v) is 5.25. The van der Waals surface area contributed by atoms with Crippen LogP contribution < -0.4 is 0 Å². The summed E-state index contributed by atoms with van der Waals surface area (Å²) in [6.07, 6.45) is 1.94. The van der Waals surface area contributed by atoms with Crippen molar-refractivity contribution < 1.29 is 13.6 Å². The number of aryl methyl sites for hydroxylation is 1. The van der Waals surface area contributed by atoms with E-state index in [0.29, 0.717) is 0 Å². The minimum atomic E-state index is -2.98. The van der Waals surface area contributed by atoms with Crippen molar-refractivity contribution in [2.75, 3.05) is 0 Å². The van der Waals surface area contributed by atoms with E-state index in [1.54, 1.807) is 4.90 Å². The van der Waals surface area contributed by atoms with Crippen LogP contribution in [0, 0.1) is 12.3 Å². The summed E-state index contributed by atoms with van der Waals surface area (Å²) in [7, 11) is 0. The lowest BCUT2D eigenvalue weighted by Crippen LogP contribution is -2.44. The van der Waals surface area contributed by atoms with Crippen molar-refractivity contribution in [3.63, 3.8) is 0 Å². The van der Waals surface area contributed by atoms with E-state index in [2.05, 4.69) is 6.07 Å². The Morgan fingerprint density at radius 2 is 2.05 bits per heavy atom. The lowest BCUT2D eigenvalue weighted by atomic mass is 9.80. The summed E-state index contributed by atoms with van der Waals surface area (Å²) in [5.41, 5.74) is 0.640. The van der Waals surface area contributed by atoms with Crippen molar-refractivity contribution in [3.8, 4) is 0 Å². The molecule has 1 amide bonds. The first-order chi connectivity index (χ1) is 9.74. The highest BCUT2D eigenvalue weighted by atomic mass is 19.3. The van der Waals surface area contributed by atoms with Crippen molar-refractivity contribution in [1.82, 2.24) is 4.90 Å². The average Bonchev–Trinajstić information content (AvgIpc) is 2.89. The zero-order chi connectivity index (χ0) is 15.4. The van der Waals surface area contributed by atoms with Crippen LogP contribution in [-0.2, 0) is 4.79 Å². The molecule has 3 rings (SSSR count). The lowest BCUT2D eigenvalue weighted by Gasteiger charge is -2.31. The highest BCUT2D eigenvalue weighted by Crippen LogP contribution is 2.54. The molecule has 2 fully saturated rings. The molecule has 0 N–H and O–H groups in total. The van der Waals surface area contributed by atoms with E-state index in [4.69, 9.17) is 0 Å². The Morgan fingerprint density at radius 3 is 2.67 bits per heavy atom. The third kappa shape index (κ3) is 2.07. The first-order valence-electron chi connectivity index (χ1n) is 7.51. The lowest BCUT2D eigenvalue weighted by molar-refractivity contribution is -0.156. The SMILES string of the molecule is Cc1cccc([C@@H]2CC[C@H]3C[C@@](C)(C(C)(F)F)C(=O)N32)c1. The van der Waals surface area contributed by atoms with Gasteiger partial charge in [0.05, 0.1) is 6.04 Å². The number of hydrogen-bond donors (Lipinski definition) is 0. The molecule has 0 bridgehead atoms. The number of alkyl halides is 2. The van der Waals surface area contributed by atoms with Gasteiger partial charge in [-0.05, 0) is 38.7 Å². The molecule has 3 atom stereocenters. The summed E-state index contributed by atoms with van der Waals surface area (Å²) in [6, 6.07) is 7.93. The van der Waals surface area contributed by atoms with Crippen LogP contribution in [0.3, 0.4) is 0 Å². The Labute approximate surface area is 124 Å². The van der Waals surface area contributed by atoms with Crippen LogP contribution in [0.15, 0.2) is 24.3 Å². The number of fused-ring (bicyclic) bond motifs is 1. The summed E-state index contributed by atoms with van der Waals surface area (Å²) in [6.45, 7) is 4.29. The molecule has 0 aliphatic carbocycles. The predicted molar refractivity (Wildman–Crippen MR) is 77.1 cm³/mol. The van der Waals surface area contributed by atoms with E-state index in [1.807, 2.05) is 25.1 Å². The molecule has 2 nitrogen and oxygen atoms in total. The van der Waals surface area contributed by atoms with Gasteiger partial charge in [-0.25, -0.2) is 8.78 Å². The summed E-state index contributed by atoms with van der Waals surface area (Å²) in [4.78, 5) is 14.4. The first kappa shape index (κ1) is 14.5. The fourth-order valence-corrected chi connectivity index (χ4v) is 3.81. The van der Waals surface area contributed by atoms with Gasteiger partial charge in [0, 0.05) is 13.0 Å². The second-order valence-corrected chi connectivity index (χ2v) is 6.80. The molecule has 0 unspecified atom stereocenters. The number of amides is 1. The van der Waals surface area contributed by atoms with Crippen LogP contribution in [0.2, 0.25) is 0 Å². The maximum absolute atomic E-state index is 13.9. The normalized spacial score (nSPS) is 32.6. The van der Waals surface area contributed by atoms with Crippen molar-refractivity contribution >= 4 is 5.91 Å². The summed E-state index contributed by atoms with van der Waals surface area (Å²) in [5.74, 6) is -3.37. The van der Waals surface area contributed by atoms with Gasteiger partial charge < -0.3 is 4.90 Å². The number of nitrogens with zero attached hydrogens (tertiary/aromatic N) is 1. The molecule has 0 saturated carbocycles. The van der Waals surface area contributed by atoms with Gasteiger partial charge >= 0.3 is 0 Å². The van der Waals surface area contributed by atoms with Crippen LogP contribution in [0.1, 0.15) is 50.3 Å². The van der Waals surface area contributed by atoms with Gasteiger partial charge in [-0.1, -0.05) is 29.8 Å². The van der Waals surface area contributed by atoms with Crippen LogP contribution >= 0.6 is 0 Å². The molecule has 2 heterocycles. The summed E-state index contributed by atoms with van der Waals surface area (Å²) >= 11 is 0. The summed E-state index contributed by atoms with van der Waals surface area (Å²) in [5, 5.41) is 0. The van der Waals surface area contributed by atoms with E-state index in [-0.39, 0.29) is 24.4 Å². The van der Waals surface area contributed by atoms with Gasteiger partial charge in [-0.15, -0.1) is 0 Å². The summed E-state index contributed by atoms with van der Waals surface area (Å²) < 4.78 is 27.8. The fraction of sp³-hybridized carbons (Fsp3) is 0.588. The molecule has 0 spiro atoms. The maximum atomic E-state index is 13.9. The molecular weight excluding hydrogens is 272 g/mol. The molecule has 0 radical (unpaired) electrons. The van der Waals surface area contributed by atoms with Crippen LogP contribution in [0.4, 0.5) is 8.78 Å². The Bertz CT molecular complexity index is 580. The molecular formula is C17H21F2NO. The molecule has 2 aliphatic heterocycles. The monoisotopic (exact) mass is 293 g/mol. The van der Waals surface area contributed by atoms with E-state index < -0.39 is 11.3 Å². The van der Waals surface area contributed by atoms with Crippen molar-refractivity contribution in [3.05, 3.63) is 35.4 Å². The molecule has 1 aromatic rings. The Balaban J connectivity index is 1.95. The van der Waals surface area contributed by atoms with Crippen molar-refractivity contribution in [2.24, 2.45) is 5.41 Å². The van der Waals surface area contributed by atoms with Gasteiger partial charge in [0.25, 0.3) is 5.92 Å². The zero-order valence-corrected chi connectivity index (χ0v) is 12.7. The molecule has 0 aromatic heterocycles. The highest BCUT2D eigenvalue weighted by Gasteiger charge is 2.62. The Kier molecular flexibility index (Phi) is 3.12. The minimum Gasteiger partial charge on any atom is -0.332 e. The van der Waals surface area contributed by atoms with Gasteiger partial charge in [-0.3, -0.25) is 4.79 Å². The third-order valence-electron chi connectivity index (χ3n) is 5.25. The molecule has 21 heavy (non-hydrogen) atoms. The number of rotatable bonds is 2. The smallest absolute Gasteiger partial charge is 0.259 e. The average molecular weight is 293 g/mol. The van der Waals surface area contributed by atoms with E-state index in [1.165, 1.54) is 6.92 Å². The topological polar surface area (TPSA) is 20.3 Å². The number of hydrogen-bond acceptors (Lipinski definition) is 1. The van der Waals surface area contributed by atoms with Gasteiger partial charge in [0.15, 0.2) is 0 Å². The molecule has 2 saturated heterocycles. The quantitative estimate of drug-likeness (QED) is 0.804. The first-order valence-corrected chi connectivity index (χ1v) is 7.51. The maximum Gasteiger partial charge on any atom is 0.259 e. The van der Waals surface area contributed by atoms with E-state index >= 15 is 0 Å².